The van der Waals surface area contributed by atoms with Crippen molar-refractivity contribution in [1.82, 2.24) is 20.1 Å². The average Bonchev–Trinajstić information content (AvgIpc) is 2.78. The lowest BCUT2D eigenvalue weighted by atomic mass is 10.0. The van der Waals surface area contributed by atoms with Crippen LogP contribution < -0.4 is 0 Å². The number of aromatic amines is 1. The Hall–Kier alpha value is -1.04. The molecule has 1 amide bonds. The summed E-state index contributed by atoms with van der Waals surface area (Å²) in [6.07, 6.45) is 3.81. The van der Waals surface area contributed by atoms with Gasteiger partial charge < -0.3 is 4.90 Å². The van der Waals surface area contributed by atoms with E-state index in [1.54, 1.807) is 0 Å². The standard InChI is InChI=1S/C10H16N4OS/c1-8-3-2-4-14(5-8)9(15)6-16-10-11-7-12-13-10/h7-8H,2-6H2,1H3,(H,11,12,13)/t8-/m0/s1. The molecule has 1 aromatic heterocycles. The lowest BCUT2D eigenvalue weighted by molar-refractivity contribution is -0.130. The predicted octanol–water partition coefficient (Wildman–Crippen LogP) is 1.16. The SMILES string of the molecule is C[C@H]1CCCN(C(=O)CSc2ncn[nH]2)C1. The number of hydrogen-bond acceptors (Lipinski definition) is 4. The zero-order valence-corrected chi connectivity index (χ0v) is 10.2. The minimum atomic E-state index is 0.202. The van der Waals surface area contributed by atoms with Gasteiger partial charge in [0.05, 0.1) is 5.75 Å². The molecule has 0 saturated carbocycles. The highest BCUT2D eigenvalue weighted by molar-refractivity contribution is 7.99. The molecule has 1 atom stereocenters. The molecule has 1 aromatic rings. The summed E-state index contributed by atoms with van der Waals surface area (Å²) < 4.78 is 0. The second-order valence-electron chi connectivity index (χ2n) is 4.17. The first-order chi connectivity index (χ1) is 7.75. The van der Waals surface area contributed by atoms with Gasteiger partial charge in [0.1, 0.15) is 6.33 Å². The first kappa shape index (κ1) is 11.4. The van der Waals surface area contributed by atoms with E-state index in [1.807, 2.05) is 4.90 Å². The van der Waals surface area contributed by atoms with E-state index >= 15 is 0 Å². The van der Waals surface area contributed by atoms with E-state index in [4.69, 9.17) is 0 Å². The molecule has 0 aliphatic carbocycles. The summed E-state index contributed by atoms with van der Waals surface area (Å²) in [6, 6.07) is 0. The number of aromatic nitrogens is 3. The highest BCUT2D eigenvalue weighted by Crippen LogP contribution is 2.18. The molecule has 0 aromatic carbocycles. The summed E-state index contributed by atoms with van der Waals surface area (Å²) in [5.41, 5.74) is 0. The highest BCUT2D eigenvalue weighted by Gasteiger charge is 2.20. The fourth-order valence-electron chi connectivity index (χ4n) is 1.90. The Morgan fingerprint density at radius 2 is 2.62 bits per heavy atom. The van der Waals surface area contributed by atoms with E-state index in [0.717, 1.165) is 19.5 Å². The smallest absolute Gasteiger partial charge is 0.233 e. The van der Waals surface area contributed by atoms with Gasteiger partial charge in [-0.1, -0.05) is 18.7 Å². The lowest BCUT2D eigenvalue weighted by Gasteiger charge is -2.30. The second kappa shape index (κ2) is 5.34. The zero-order chi connectivity index (χ0) is 11.4. The molecule has 0 spiro atoms. The van der Waals surface area contributed by atoms with Crippen LogP contribution in [0.2, 0.25) is 0 Å². The fourth-order valence-corrected chi connectivity index (χ4v) is 2.58. The van der Waals surface area contributed by atoms with Crippen LogP contribution in [0.1, 0.15) is 19.8 Å². The summed E-state index contributed by atoms with van der Waals surface area (Å²) in [5, 5.41) is 7.19. The van der Waals surface area contributed by atoms with E-state index < -0.39 is 0 Å². The summed E-state index contributed by atoms with van der Waals surface area (Å²) in [6.45, 7) is 4.00. The minimum absolute atomic E-state index is 0.202. The Labute approximate surface area is 99.0 Å². The average molecular weight is 240 g/mol. The van der Waals surface area contributed by atoms with Crippen LogP contribution in [-0.2, 0) is 4.79 Å². The number of hydrogen-bond donors (Lipinski definition) is 1. The van der Waals surface area contributed by atoms with Crippen LogP contribution in [0.25, 0.3) is 0 Å². The normalized spacial score (nSPS) is 21.1. The highest BCUT2D eigenvalue weighted by atomic mass is 32.2. The zero-order valence-electron chi connectivity index (χ0n) is 9.35. The van der Waals surface area contributed by atoms with Gasteiger partial charge in [-0.3, -0.25) is 9.89 Å². The lowest BCUT2D eigenvalue weighted by Crippen LogP contribution is -2.40. The molecule has 1 aliphatic rings. The number of H-pyrrole nitrogens is 1. The molecule has 0 radical (unpaired) electrons. The molecule has 5 nitrogen and oxygen atoms in total. The molecule has 6 heteroatoms. The van der Waals surface area contributed by atoms with Crippen molar-refractivity contribution >= 4 is 17.7 Å². The van der Waals surface area contributed by atoms with Gasteiger partial charge in [0.2, 0.25) is 5.91 Å². The summed E-state index contributed by atoms with van der Waals surface area (Å²) in [4.78, 5) is 17.8. The number of piperidine rings is 1. The molecule has 16 heavy (non-hydrogen) atoms. The molecule has 2 heterocycles. The number of likely N-dealkylation sites (tertiary alicyclic amines) is 1. The van der Waals surface area contributed by atoms with Gasteiger partial charge in [0.15, 0.2) is 5.16 Å². The van der Waals surface area contributed by atoms with Crippen LogP contribution in [0.15, 0.2) is 11.5 Å². The summed E-state index contributed by atoms with van der Waals surface area (Å²) in [7, 11) is 0. The molecule has 0 unspecified atom stereocenters. The van der Waals surface area contributed by atoms with Crippen molar-refractivity contribution in [2.24, 2.45) is 5.92 Å². The van der Waals surface area contributed by atoms with Crippen LogP contribution in [-0.4, -0.2) is 44.8 Å². The van der Waals surface area contributed by atoms with E-state index in [2.05, 4.69) is 22.1 Å². The summed E-state index contributed by atoms with van der Waals surface area (Å²) >= 11 is 1.41. The van der Waals surface area contributed by atoms with Crippen molar-refractivity contribution in [3.63, 3.8) is 0 Å². The fraction of sp³-hybridized carbons (Fsp3) is 0.700. The van der Waals surface area contributed by atoms with Crippen molar-refractivity contribution in [2.45, 2.75) is 24.9 Å². The predicted molar refractivity (Wildman–Crippen MR) is 62.1 cm³/mol. The number of nitrogens with one attached hydrogen (secondary N) is 1. The second-order valence-corrected chi connectivity index (χ2v) is 5.13. The third-order valence-electron chi connectivity index (χ3n) is 2.74. The maximum Gasteiger partial charge on any atom is 0.233 e. The van der Waals surface area contributed by atoms with Gasteiger partial charge in [-0.15, -0.1) is 0 Å². The van der Waals surface area contributed by atoms with E-state index in [0.29, 0.717) is 16.8 Å². The van der Waals surface area contributed by atoms with Gasteiger partial charge in [-0.2, -0.15) is 5.10 Å². The third kappa shape index (κ3) is 2.98. The van der Waals surface area contributed by atoms with Crippen molar-refractivity contribution in [3.05, 3.63) is 6.33 Å². The number of carbonyl (C=O) groups is 1. The molecule has 88 valence electrons. The molecule has 2 rings (SSSR count). The van der Waals surface area contributed by atoms with E-state index in [1.165, 1.54) is 24.5 Å². The van der Waals surface area contributed by atoms with E-state index in [9.17, 15) is 4.79 Å². The van der Waals surface area contributed by atoms with E-state index in [-0.39, 0.29) is 5.91 Å². The van der Waals surface area contributed by atoms with Crippen LogP contribution in [0, 0.1) is 5.92 Å². The number of amides is 1. The first-order valence-corrected chi connectivity index (χ1v) is 6.50. The van der Waals surface area contributed by atoms with Crippen molar-refractivity contribution in [1.29, 1.82) is 0 Å². The van der Waals surface area contributed by atoms with Crippen LogP contribution >= 0.6 is 11.8 Å². The Kier molecular flexibility index (Phi) is 3.82. The van der Waals surface area contributed by atoms with Crippen molar-refractivity contribution < 1.29 is 4.79 Å². The molecule has 1 saturated heterocycles. The number of nitrogens with zero attached hydrogens (tertiary/aromatic N) is 3. The molecule has 1 fully saturated rings. The molecule has 1 aliphatic heterocycles. The third-order valence-corrected chi connectivity index (χ3v) is 3.60. The van der Waals surface area contributed by atoms with Crippen molar-refractivity contribution in [3.8, 4) is 0 Å². The molecular formula is C10H16N4OS. The van der Waals surface area contributed by atoms with Crippen LogP contribution in [0.3, 0.4) is 0 Å². The minimum Gasteiger partial charge on any atom is -0.342 e. The quantitative estimate of drug-likeness (QED) is 0.805. The van der Waals surface area contributed by atoms with Gasteiger partial charge >= 0.3 is 0 Å². The first-order valence-electron chi connectivity index (χ1n) is 5.51. The Balaban J connectivity index is 1.79. The molecule has 0 bridgehead atoms. The Bertz CT molecular complexity index is 341. The largest absolute Gasteiger partial charge is 0.342 e. The summed E-state index contributed by atoms with van der Waals surface area (Å²) in [5.74, 6) is 1.28. The number of carbonyl (C=O) groups excluding carboxylic acids is 1. The molecule has 1 N–H and O–H groups in total. The maximum absolute atomic E-state index is 11.9. The van der Waals surface area contributed by atoms with Crippen molar-refractivity contribution in [2.75, 3.05) is 18.8 Å². The topological polar surface area (TPSA) is 61.9 Å². The number of thioether (sulfide) groups is 1. The van der Waals surface area contributed by atoms with Crippen LogP contribution in [0.4, 0.5) is 0 Å². The van der Waals surface area contributed by atoms with Gasteiger partial charge in [-0.25, -0.2) is 4.98 Å². The number of rotatable bonds is 3. The van der Waals surface area contributed by atoms with Gasteiger partial charge in [0.25, 0.3) is 0 Å². The van der Waals surface area contributed by atoms with Gasteiger partial charge in [0, 0.05) is 13.1 Å². The maximum atomic E-state index is 11.9. The Morgan fingerprint density at radius 3 is 3.31 bits per heavy atom. The van der Waals surface area contributed by atoms with Gasteiger partial charge in [-0.05, 0) is 18.8 Å². The molecular weight excluding hydrogens is 224 g/mol. The Morgan fingerprint density at radius 1 is 1.75 bits per heavy atom. The van der Waals surface area contributed by atoms with Crippen LogP contribution in [0.5, 0.6) is 0 Å². The monoisotopic (exact) mass is 240 g/mol.